The molecule has 0 aliphatic carbocycles. The van der Waals surface area contributed by atoms with E-state index in [-0.39, 0.29) is 29.6 Å². The number of carbonyl (C=O) groups excluding carboxylic acids is 2. The largest absolute Gasteiger partial charge is 0.497 e. The van der Waals surface area contributed by atoms with Crippen LogP contribution in [-0.2, 0) is 32.6 Å². The topological polar surface area (TPSA) is 105 Å². The average molecular weight is 588 g/mol. The van der Waals surface area contributed by atoms with Crippen molar-refractivity contribution in [3.05, 3.63) is 88.9 Å². The Morgan fingerprint density at radius 1 is 0.950 bits per heavy atom. The maximum Gasteiger partial charge on any atom is 0.244 e. The molecule has 2 amide bonds. The fraction of sp³-hybridized carbons (Fsp3) is 0.310. The highest BCUT2D eigenvalue weighted by Gasteiger charge is 2.33. The highest BCUT2D eigenvalue weighted by atomic mass is 35.5. The van der Waals surface area contributed by atoms with Crippen molar-refractivity contribution < 1.29 is 27.5 Å². The fourth-order valence-corrected chi connectivity index (χ4v) is 5.33. The number of likely N-dealkylation sites (N-methyl/N-ethyl adjacent to an activating group) is 1. The van der Waals surface area contributed by atoms with Gasteiger partial charge in [0.15, 0.2) is 0 Å². The number of benzene rings is 3. The van der Waals surface area contributed by atoms with Crippen molar-refractivity contribution in [2.45, 2.75) is 25.9 Å². The van der Waals surface area contributed by atoms with Crippen LogP contribution in [0.15, 0.2) is 72.8 Å². The van der Waals surface area contributed by atoms with Gasteiger partial charge in [0.1, 0.15) is 24.1 Å². The number of nitrogens with one attached hydrogen (secondary N) is 1. The molecular formula is C29H34ClN3O6S. The van der Waals surface area contributed by atoms with E-state index in [1.165, 1.54) is 30.2 Å². The zero-order valence-corrected chi connectivity index (χ0v) is 24.5. The predicted molar refractivity (Wildman–Crippen MR) is 156 cm³/mol. The lowest BCUT2D eigenvalue weighted by Gasteiger charge is -2.33. The van der Waals surface area contributed by atoms with Crippen molar-refractivity contribution in [3.63, 3.8) is 0 Å². The van der Waals surface area contributed by atoms with Crippen LogP contribution < -0.4 is 19.1 Å². The first-order valence-corrected chi connectivity index (χ1v) is 14.8. The van der Waals surface area contributed by atoms with Crippen molar-refractivity contribution in [1.29, 1.82) is 0 Å². The summed E-state index contributed by atoms with van der Waals surface area (Å²) in [7, 11) is -0.927. The minimum atomic E-state index is -3.92. The number of anilines is 1. The molecule has 0 aromatic heterocycles. The average Bonchev–Trinajstić information content (AvgIpc) is 2.93. The Bertz CT molecular complexity index is 1420. The number of sulfonamides is 1. The van der Waals surface area contributed by atoms with E-state index in [0.29, 0.717) is 23.6 Å². The molecule has 3 aromatic rings. The van der Waals surface area contributed by atoms with Gasteiger partial charge < -0.3 is 19.7 Å². The number of methoxy groups -OCH3 is 2. The van der Waals surface area contributed by atoms with Crippen molar-refractivity contribution in [3.8, 4) is 11.5 Å². The minimum Gasteiger partial charge on any atom is -0.497 e. The van der Waals surface area contributed by atoms with Gasteiger partial charge in [0.25, 0.3) is 0 Å². The third-order valence-corrected chi connectivity index (χ3v) is 7.65. The summed E-state index contributed by atoms with van der Waals surface area (Å²) < 4.78 is 37.2. The number of amides is 2. The molecular weight excluding hydrogens is 554 g/mol. The monoisotopic (exact) mass is 587 g/mol. The summed E-state index contributed by atoms with van der Waals surface area (Å²) in [5, 5.41) is 3.02. The second kappa shape index (κ2) is 14.0. The number of rotatable bonds is 13. The number of halogens is 1. The van der Waals surface area contributed by atoms with E-state index in [0.717, 1.165) is 16.1 Å². The first-order chi connectivity index (χ1) is 19.1. The third kappa shape index (κ3) is 8.12. The molecule has 9 nitrogen and oxygen atoms in total. The molecule has 0 saturated carbocycles. The van der Waals surface area contributed by atoms with Gasteiger partial charge >= 0.3 is 0 Å². The maximum absolute atomic E-state index is 14.0. The summed E-state index contributed by atoms with van der Waals surface area (Å²) >= 11 is 6.27. The maximum atomic E-state index is 14.0. The molecule has 40 heavy (non-hydrogen) atoms. The summed E-state index contributed by atoms with van der Waals surface area (Å²) in [5.74, 6) is 0.0468. The first-order valence-electron chi connectivity index (χ1n) is 12.6. The van der Waals surface area contributed by atoms with Gasteiger partial charge in [-0.3, -0.25) is 13.9 Å². The lowest BCUT2D eigenvalue weighted by atomic mass is 10.0. The molecule has 0 unspecified atom stereocenters. The SMILES string of the molecule is CCNC(=O)[C@H](Cc1ccccc1)N(Cc1cccc(OC)c1)C(=O)CN(c1ccc(OC)c(Cl)c1)S(C)(=O)=O. The van der Waals surface area contributed by atoms with Crippen LogP contribution in [0.4, 0.5) is 5.69 Å². The van der Waals surface area contributed by atoms with Crippen LogP contribution in [0.5, 0.6) is 11.5 Å². The molecule has 11 heteroatoms. The van der Waals surface area contributed by atoms with Gasteiger partial charge in [-0.2, -0.15) is 0 Å². The van der Waals surface area contributed by atoms with Gasteiger partial charge in [-0.15, -0.1) is 0 Å². The third-order valence-electron chi connectivity index (χ3n) is 6.21. The van der Waals surface area contributed by atoms with Crippen molar-refractivity contribution in [2.75, 3.05) is 37.9 Å². The Morgan fingerprint density at radius 2 is 1.65 bits per heavy atom. The molecule has 1 atom stereocenters. The number of hydrogen-bond donors (Lipinski definition) is 1. The van der Waals surface area contributed by atoms with Gasteiger partial charge in [0, 0.05) is 19.5 Å². The van der Waals surface area contributed by atoms with Crippen LogP contribution in [0.3, 0.4) is 0 Å². The van der Waals surface area contributed by atoms with Gasteiger partial charge in [-0.25, -0.2) is 8.42 Å². The van der Waals surface area contributed by atoms with Crippen molar-refractivity contribution in [1.82, 2.24) is 10.2 Å². The van der Waals surface area contributed by atoms with E-state index in [1.807, 2.05) is 36.4 Å². The Hall–Kier alpha value is -3.76. The molecule has 3 aromatic carbocycles. The van der Waals surface area contributed by atoms with E-state index in [2.05, 4.69) is 5.32 Å². The lowest BCUT2D eigenvalue weighted by Crippen LogP contribution is -2.53. The number of ether oxygens (including phenoxy) is 2. The molecule has 0 spiro atoms. The molecule has 214 valence electrons. The molecule has 0 heterocycles. The van der Waals surface area contributed by atoms with Crippen molar-refractivity contribution in [2.24, 2.45) is 0 Å². The van der Waals surface area contributed by atoms with E-state index < -0.39 is 28.5 Å². The molecule has 0 saturated heterocycles. The number of hydrogen-bond acceptors (Lipinski definition) is 6. The highest BCUT2D eigenvalue weighted by molar-refractivity contribution is 7.92. The van der Waals surface area contributed by atoms with Crippen LogP contribution in [0.1, 0.15) is 18.1 Å². The molecule has 0 aliphatic rings. The minimum absolute atomic E-state index is 0.0473. The van der Waals surface area contributed by atoms with Crippen molar-refractivity contribution >= 4 is 39.1 Å². The lowest BCUT2D eigenvalue weighted by molar-refractivity contribution is -0.140. The molecule has 3 rings (SSSR count). The van der Waals surface area contributed by atoms with Gasteiger partial charge in [0.2, 0.25) is 21.8 Å². The first kappa shape index (κ1) is 30.8. The molecule has 0 aliphatic heterocycles. The second-order valence-corrected chi connectivity index (χ2v) is 11.4. The highest BCUT2D eigenvalue weighted by Crippen LogP contribution is 2.30. The molecule has 1 N–H and O–H groups in total. The Kier molecular flexibility index (Phi) is 10.8. The molecule has 0 fully saturated rings. The van der Waals surface area contributed by atoms with E-state index in [4.69, 9.17) is 21.1 Å². The van der Waals surface area contributed by atoms with Crippen LogP contribution in [0.2, 0.25) is 5.02 Å². The predicted octanol–water partition coefficient (Wildman–Crippen LogP) is 3.90. The molecule has 0 radical (unpaired) electrons. The zero-order chi connectivity index (χ0) is 29.3. The number of carbonyl (C=O) groups is 2. The summed E-state index contributed by atoms with van der Waals surface area (Å²) in [5.41, 5.74) is 1.76. The van der Waals surface area contributed by atoms with Gasteiger partial charge in [-0.05, 0) is 48.4 Å². The van der Waals surface area contributed by atoms with Crippen LogP contribution >= 0.6 is 11.6 Å². The van der Waals surface area contributed by atoms with Gasteiger partial charge in [0.05, 0.1) is 31.2 Å². The van der Waals surface area contributed by atoms with E-state index >= 15 is 0 Å². The van der Waals surface area contributed by atoms with Crippen LogP contribution in [0, 0.1) is 0 Å². The standard InChI is InChI=1S/C29H34ClN3O6S/c1-5-31-29(35)26(17-21-10-7-6-8-11-21)32(19-22-12-9-13-24(16-22)38-2)28(34)20-33(40(4,36)37)23-14-15-27(39-3)25(30)18-23/h6-16,18,26H,5,17,19-20H2,1-4H3,(H,31,35)/t26-/m0/s1. The van der Waals surface area contributed by atoms with E-state index in [9.17, 15) is 18.0 Å². The summed E-state index contributed by atoms with van der Waals surface area (Å²) in [6.45, 7) is 1.66. The van der Waals surface area contributed by atoms with Crippen LogP contribution in [0.25, 0.3) is 0 Å². The van der Waals surface area contributed by atoms with E-state index in [1.54, 1.807) is 32.2 Å². The fourth-order valence-electron chi connectivity index (χ4n) is 4.24. The normalized spacial score (nSPS) is 11.8. The quantitative estimate of drug-likeness (QED) is 0.325. The summed E-state index contributed by atoms with van der Waals surface area (Å²) in [4.78, 5) is 28.8. The Balaban J connectivity index is 2.06. The Morgan fingerprint density at radius 3 is 2.25 bits per heavy atom. The zero-order valence-electron chi connectivity index (χ0n) is 23.0. The second-order valence-electron chi connectivity index (χ2n) is 9.06. The Labute approximate surface area is 240 Å². The summed E-state index contributed by atoms with van der Waals surface area (Å²) in [6.07, 6.45) is 1.24. The smallest absolute Gasteiger partial charge is 0.244 e. The van der Waals surface area contributed by atoms with Crippen LogP contribution in [-0.4, -0.2) is 64.7 Å². The molecule has 0 bridgehead atoms. The summed E-state index contributed by atoms with van der Waals surface area (Å²) in [6, 6.07) is 20.0. The number of nitrogens with zero attached hydrogens (tertiary/aromatic N) is 2. The van der Waals surface area contributed by atoms with Gasteiger partial charge in [-0.1, -0.05) is 54.1 Å².